The summed E-state index contributed by atoms with van der Waals surface area (Å²) in [6, 6.07) is 0. The Morgan fingerprint density at radius 3 is 2.50 bits per heavy atom. The van der Waals surface area contributed by atoms with Crippen LogP contribution in [0.2, 0.25) is 0 Å². The Morgan fingerprint density at radius 2 is 2.08 bits per heavy atom. The Morgan fingerprint density at radius 1 is 1.50 bits per heavy atom. The van der Waals surface area contributed by atoms with Crippen LogP contribution >= 0.6 is 0 Å². The molecule has 0 saturated carbocycles. The number of carbonyl (C=O) groups excluding carboxylic acids is 2. The van der Waals surface area contributed by atoms with Crippen molar-refractivity contribution in [2.45, 2.75) is 26.4 Å². The van der Waals surface area contributed by atoms with Gasteiger partial charge >= 0.3 is 11.9 Å². The predicted octanol–water partition coefficient (Wildman–Crippen LogP) is 1.01. The molecule has 0 fully saturated rings. The van der Waals surface area contributed by atoms with Gasteiger partial charge in [0.15, 0.2) is 0 Å². The largest absolute Gasteiger partial charge is 0.454 e. The highest BCUT2D eigenvalue weighted by atomic mass is 16.6. The van der Waals surface area contributed by atoms with Crippen LogP contribution in [0.4, 0.5) is 0 Å². The lowest BCUT2D eigenvalue weighted by molar-refractivity contribution is -0.167. The zero-order chi connectivity index (χ0) is 9.56. The van der Waals surface area contributed by atoms with Crippen LogP contribution in [0.1, 0.15) is 20.3 Å². The zero-order valence-corrected chi connectivity index (χ0v) is 7.20. The first-order chi connectivity index (χ1) is 5.61. The fraction of sp³-hybridized carbons (Fsp3) is 0.500. The number of esters is 2. The van der Waals surface area contributed by atoms with E-state index in [-0.39, 0.29) is 6.10 Å². The average Bonchev–Trinajstić information content (AvgIpc) is 2.04. The van der Waals surface area contributed by atoms with Gasteiger partial charge < -0.3 is 9.47 Å². The molecular formula is C8H12O4. The molecule has 1 unspecified atom stereocenters. The van der Waals surface area contributed by atoms with Gasteiger partial charge in [-0.15, -0.1) is 0 Å². The molecule has 0 rings (SSSR count). The molecule has 0 aromatic heterocycles. The SMILES string of the molecule is C=COC(=O)C(=O)OC(C)CC. The molecule has 4 nitrogen and oxygen atoms in total. The molecule has 0 spiro atoms. The predicted molar refractivity (Wildman–Crippen MR) is 42.1 cm³/mol. The topological polar surface area (TPSA) is 52.6 Å². The van der Waals surface area contributed by atoms with Crippen LogP contribution in [0, 0.1) is 0 Å². The summed E-state index contributed by atoms with van der Waals surface area (Å²) in [5.74, 6) is -2.02. The van der Waals surface area contributed by atoms with Crippen molar-refractivity contribution in [3.8, 4) is 0 Å². The summed E-state index contributed by atoms with van der Waals surface area (Å²) in [6.07, 6.45) is 1.28. The van der Waals surface area contributed by atoms with E-state index in [0.717, 1.165) is 6.26 Å². The van der Waals surface area contributed by atoms with E-state index in [1.54, 1.807) is 6.92 Å². The fourth-order valence-corrected chi connectivity index (χ4v) is 0.438. The molecule has 4 heteroatoms. The van der Waals surface area contributed by atoms with E-state index in [2.05, 4.69) is 16.1 Å². The third kappa shape index (κ3) is 3.75. The smallest absolute Gasteiger partial charge is 0.422 e. The monoisotopic (exact) mass is 172 g/mol. The summed E-state index contributed by atoms with van der Waals surface area (Å²) in [5, 5.41) is 0. The van der Waals surface area contributed by atoms with Crippen LogP contribution < -0.4 is 0 Å². The number of hydrogen-bond donors (Lipinski definition) is 0. The first-order valence-electron chi connectivity index (χ1n) is 3.64. The number of ether oxygens (including phenoxy) is 2. The van der Waals surface area contributed by atoms with E-state index in [0.29, 0.717) is 6.42 Å². The van der Waals surface area contributed by atoms with Gasteiger partial charge in [-0.3, -0.25) is 0 Å². The normalized spacial score (nSPS) is 11.5. The first-order valence-corrected chi connectivity index (χ1v) is 3.64. The highest BCUT2D eigenvalue weighted by molar-refractivity contribution is 6.29. The van der Waals surface area contributed by atoms with Crippen molar-refractivity contribution >= 4 is 11.9 Å². The van der Waals surface area contributed by atoms with Gasteiger partial charge in [-0.05, 0) is 13.3 Å². The van der Waals surface area contributed by atoms with Gasteiger partial charge in [0.25, 0.3) is 0 Å². The van der Waals surface area contributed by atoms with Crippen molar-refractivity contribution in [1.29, 1.82) is 0 Å². The Kier molecular flexibility index (Phi) is 4.76. The number of hydrogen-bond acceptors (Lipinski definition) is 4. The Labute approximate surface area is 71.2 Å². The Bertz CT molecular complexity index is 185. The molecule has 0 amide bonds. The third-order valence-corrected chi connectivity index (χ3v) is 1.24. The van der Waals surface area contributed by atoms with Gasteiger partial charge in [-0.2, -0.15) is 0 Å². The molecule has 12 heavy (non-hydrogen) atoms. The van der Waals surface area contributed by atoms with Crippen LogP contribution in [-0.2, 0) is 19.1 Å². The summed E-state index contributed by atoms with van der Waals surface area (Å²) in [5.41, 5.74) is 0. The standard InChI is InChI=1S/C8H12O4/c1-4-6(3)12-8(10)7(9)11-5-2/h5-6H,2,4H2,1,3H3. The van der Waals surface area contributed by atoms with Gasteiger partial charge in [-0.1, -0.05) is 13.5 Å². The van der Waals surface area contributed by atoms with Crippen molar-refractivity contribution in [2.75, 3.05) is 0 Å². The minimum atomic E-state index is -1.04. The van der Waals surface area contributed by atoms with E-state index in [1.807, 2.05) is 6.92 Å². The molecule has 0 aliphatic heterocycles. The van der Waals surface area contributed by atoms with Crippen molar-refractivity contribution in [3.05, 3.63) is 12.8 Å². The average molecular weight is 172 g/mol. The summed E-state index contributed by atoms with van der Waals surface area (Å²) in [7, 11) is 0. The third-order valence-electron chi connectivity index (χ3n) is 1.24. The van der Waals surface area contributed by atoms with Gasteiger partial charge in [0, 0.05) is 0 Å². The maximum atomic E-state index is 10.8. The molecule has 0 aliphatic carbocycles. The van der Waals surface area contributed by atoms with Crippen LogP contribution in [-0.4, -0.2) is 18.0 Å². The van der Waals surface area contributed by atoms with E-state index in [9.17, 15) is 9.59 Å². The van der Waals surface area contributed by atoms with Crippen molar-refractivity contribution < 1.29 is 19.1 Å². The molecule has 0 saturated heterocycles. The molecule has 1 atom stereocenters. The van der Waals surface area contributed by atoms with Crippen LogP contribution in [0.15, 0.2) is 12.8 Å². The minimum Gasteiger partial charge on any atom is -0.454 e. The quantitative estimate of drug-likeness (QED) is 0.362. The van der Waals surface area contributed by atoms with Crippen molar-refractivity contribution in [3.63, 3.8) is 0 Å². The lowest BCUT2D eigenvalue weighted by Gasteiger charge is -2.08. The summed E-state index contributed by atoms with van der Waals surface area (Å²) in [6.45, 7) is 6.67. The maximum Gasteiger partial charge on any atom is 0.422 e. The van der Waals surface area contributed by atoms with E-state index in [1.165, 1.54) is 0 Å². The molecule has 0 N–H and O–H groups in total. The second kappa shape index (κ2) is 5.35. The van der Waals surface area contributed by atoms with E-state index >= 15 is 0 Å². The van der Waals surface area contributed by atoms with Gasteiger partial charge in [-0.25, -0.2) is 9.59 Å². The van der Waals surface area contributed by atoms with Gasteiger partial charge in [0.1, 0.15) is 0 Å². The summed E-state index contributed by atoms with van der Waals surface area (Å²) >= 11 is 0. The van der Waals surface area contributed by atoms with E-state index < -0.39 is 11.9 Å². The van der Waals surface area contributed by atoms with Crippen LogP contribution in [0.5, 0.6) is 0 Å². The molecule has 0 aromatic carbocycles. The van der Waals surface area contributed by atoms with Crippen LogP contribution in [0.25, 0.3) is 0 Å². The molecular weight excluding hydrogens is 160 g/mol. The second-order valence-corrected chi connectivity index (χ2v) is 2.20. The summed E-state index contributed by atoms with van der Waals surface area (Å²) in [4.78, 5) is 21.4. The van der Waals surface area contributed by atoms with Crippen molar-refractivity contribution in [2.24, 2.45) is 0 Å². The molecule has 0 aromatic rings. The Hall–Kier alpha value is -1.32. The molecule has 0 aliphatic rings. The lowest BCUT2D eigenvalue weighted by atomic mass is 10.3. The van der Waals surface area contributed by atoms with E-state index in [4.69, 9.17) is 0 Å². The zero-order valence-electron chi connectivity index (χ0n) is 7.20. The fourth-order valence-electron chi connectivity index (χ4n) is 0.438. The number of carbonyl (C=O) groups is 2. The second-order valence-electron chi connectivity index (χ2n) is 2.20. The van der Waals surface area contributed by atoms with Crippen molar-refractivity contribution in [1.82, 2.24) is 0 Å². The Balaban J connectivity index is 3.86. The molecule has 0 heterocycles. The molecule has 0 radical (unpaired) electrons. The number of rotatable bonds is 3. The molecule has 0 bridgehead atoms. The molecule has 68 valence electrons. The van der Waals surface area contributed by atoms with Crippen LogP contribution in [0.3, 0.4) is 0 Å². The first kappa shape index (κ1) is 10.7. The maximum absolute atomic E-state index is 10.8. The highest BCUT2D eigenvalue weighted by Crippen LogP contribution is 1.97. The van der Waals surface area contributed by atoms with Gasteiger partial charge in [0.05, 0.1) is 12.4 Å². The minimum absolute atomic E-state index is 0.269. The highest BCUT2D eigenvalue weighted by Gasteiger charge is 2.18. The van der Waals surface area contributed by atoms with Gasteiger partial charge in [0.2, 0.25) is 0 Å². The lowest BCUT2D eigenvalue weighted by Crippen LogP contribution is -2.22. The summed E-state index contributed by atoms with van der Waals surface area (Å²) < 4.78 is 8.85.